The Morgan fingerprint density at radius 3 is 2.87 bits per heavy atom. The van der Waals surface area contributed by atoms with Crippen LogP contribution >= 0.6 is 11.8 Å². The fourth-order valence-electron chi connectivity index (χ4n) is 4.82. The summed E-state index contributed by atoms with van der Waals surface area (Å²) in [6.07, 6.45) is 5.20. The Hall–Kier alpha value is -1.41. The predicted octanol–water partition coefficient (Wildman–Crippen LogP) is 1.39. The average molecular weight is 434 g/mol. The molecule has 7 heteroatoms. The Kier molecular flexibility index (Phi) is 7.96. The van der Waals surface area contributed by atoms with E-state index in [0.29, 0.717) is 38.3 Å². The maximum atomic E-state index is 13.1. The second kappa shape index (κ2) is 10.3. The van der Waals surface area contributed by atoms with E-state index >= 15 is 0 Å². The van der Waals surface area contributed by atoms with Gasteiger partial charge in [-0.05, 0) is 61.7 Å². The fraction of sp³-hybridized carbons (Fsp3) is 0.652. The van der Waals surface area contributed by atoms with Crippen molar-refractivity contribution in [2.75, 3.05) is 25.1 Å². The van der Waals surface area contributed by atoms with Crippen LogP contribution in [0, 0.1) is 5.92 Å². The molecule has 0 bridgehead atoms. The third-order valence-electron chi connectivity index (χ3n) is 6.50. The van der Waals surface area contributed by atoms with Crippen LogP contribution in [0.2, 0.25) is 0 Å². The molecule has 0 aliphatic heterocycles. The van der Waals surface area contributed by atoms with Gasteiger partial charge in [-0.2, -0.15) is 11.8 Å². The van der Waals surface area contributed by atoms with Crippen LogP contribution in [0.1, 0.15) is 43.7 Å². The lowest BCUT2D eigenvalue weighted by atomic mass is 9.86. The molecular formula is C23H35N3O3S. The molecule has 2 aliphatic carbocycles. The van der Waals surface area contributed by atoms with Crippen LogP contribution in [-0.4, -0.2) is 60.1 Å². The average Bonchev–Trinajstić information content (AvgIpc) is 3.41. The number of ketones is 1. The highest BCUT2D eigenvalue weighted by Crippen LogP contribution is 2.60. The van der Waals surface area contributed by atoms with Crippen molar-refractivity contribution in [2.45, 2.75) is 62.6 Å². The summed E-state index contributed by atoms with van der Waals surface area (Å²) >= 11 is 1.68. The number of aliphatic hydroxyl groups is 1. The number of aliphatic hydroxyl groups excluding tert-OH is 1. The van der Waals surface area contributed by atoms with E-state index in [2.05, 4.69) is 22.8 Å². The molecule has 5 unspecified atom stereocenters. The van der Waals surface area contributed by atoms with Gasteiger partial charge in [-0.15, -0.1) is 0 Å². The second-order valence-corrected chi connectivity index (χ2v) is 9.82. The van der Waals surface area contributed by atoms with Crippen molar-refractivity contribution < 1.29 is 14.7 Å². The van der Waals surface area contributed by atoms with Crippen molar-refractivity contribution in [3.63, 3.8) is 0 Å². The van der Waals surface area contributed by atoms with Gasteiger partial charge in [0, 0.05) is 24.9 Å². The number of carbonyl (C=O) groups is 2. The molecule has 1 aromatic rings. The minimum absolute atomic E-state index is 0.112. The van der Waals surface area contributed by atoms with E-state index in [1.807, 2.05) is 25.3 Å². The Morgan fingerprint density at radius 2 is 2.13 bits per heavy atom. The summed E-state index contributed by atoms with van der Waals surface area (Å²) in [7, 11) is 0. The maximum Gasteiger partial charge on any atom is 0.236 e. The first-order chi connectivity index (χ1) is 14.4. The molecule has 0 heterocycles. The number of rotatable bonds is 10. The smallest absolute Gasteiger partial charge is 0.236 e. The van der Waals surface area contributed by atoms with Crippen molar-refractivity contribution in [3.05, 3.63) is 35.4 Å². The monoisotopic (exact) mass is 433 g/mol. The molecule has 1 aromatic carbocycles. The molecule has 5 N–H and O–H groups in total. The molecule has 0 aromatic heterocycles. The Morgan fingerprint density at radius 1 is 1.37 bits per heavy atom. The SMILES string of the molecule is CSCCC(N)C(=O)NCCNC1Cc2ccccc2C2(CC1=O)CC2CC(C)O. The number of thioether (sulfide) groups is 1. The number of hydrogen-bond acceptors (Lipinski definition) is 6. The molecular weight excluding hydrogens is 398 g/mol. The van der Waals surface area contributed by atoms with Gasteiger partial charge in [0.25, 0.3) is 0 Å². The van der Waals surface area contributed by atoms with Crippen molar-refractivity contribution in [1.82, 2.24) is 10.6 Å². The van der Waals surface area contributed by atoms with Gasteiger partial charge in [0.05, 0.1) is 18.2 Å². The van der Waals surface area contributed by atoms with E-state index in [1.165, 1.54) is 11.1 Å². The van der Waals surface area contributed by atoms with Crippen LogP contribution in [0.15, 0.2) is 24.3 Å². The number of fused-ring (bicyclic) bond motifs is 2. The summed E-state index contributed by atoms with van der Waals surface area (Å²) in [5.74, 6) is 1.31. The fourth-order valence-corrected chi connectivity index (χ4v) is 5.31. The number of nitrogens with two attached hydrogens (primary N) is 1. The largest absolute Gasteiger partial charge is 0.393 e. The van der Waals surface area contributed by atoms with E-state index < -0.39 is 6.04 Å². The zero-order chi connectivity index (χ0) is 21.7. The van der Waals surface area contributed by atoms with Crippen molar-refractivity contribution in [1.29, 1.82) is 0 Å². The predicted molar refractivity (Wildman–Crippen MR) is 122 cm³/mol. The first-order valence-electron chi connectivity index (χ1n) is 10.9. The number of carbonyl (C=O) groups excluding carboxylic acids is 2. The Bertz CT molecular complexity index is 757. The molecule has 30 heavy (non-hydrogen) atoms. The van der Waals surface area contributed by atoms with Gasteiger partial charge in [0.15, 0.2) is 5.78 Å². The van der Waals surface area contributed by atoms with Gasteiger partial charge >= 0.3 is 0 Å². The van der Waals surface area contributed by atoms with Gasteiger partial charge in [0.2, 0.25) is 5.91 Å². The molecule has 2 aliphatic rings. The first kappa shape index (κ1) is 23.3. The van der Waals surface area contributed by atoms with Crippen LogP contribution in [0.5, 0.6) is 0 Å². The van der Waals surface area contributed by atoms with E-state index in [9.17, 15) is 14.7 Å². The third kappa shape index (κ3) is 5.44. The van der Waals surface area contributed by atoms with E-state index in [-0.39, 0.29) is 29.3 Å². The quantitative estimate of drug-likeness (QED) is 0.416. The molecule has 6 nitrogen and oxygen atoms in total. The lowest BCUT2D eigenvalue weighted by molar-refractivity contribution is -0.122. The minimum atomic E-state index is -0.482. The van der Waals surface area contributed by atoms with Crippen LogP contribution in [0.25, 0.3) is 0 Å². The second-order valence-electron chi connectivity index (χ2n) is 8.83. The van der Waals surface area contributed by atoms with E-state index in [1.54, 1.807) is 11.8 Å². The van der Waals surface area contributed by atoms with Gasteiger partial charge in [-0.1, -0.05) is 24.3 Å². The lowest BCUT2D eigenvalue weighted by Crippen LogP contribution is -2.46. The van der Waals surface area contributed by atoms with Crippen LogP contribution < -0.4 is 16.4 Å². The van der Waals surface area contributed by atoms with Crippen molar-refractivity contribution in [3.8, 4) is 0 Å². The molecule has 1 spiro atoms. The molecule has 166 valence electrons. The zero-order valence-electron chi connectivity index (χ0n) is 18.0. The first-order valence-corrected chi connectivity index (χ1v) is 12.3. The topological polar surface area (TPSA) is 104 Å². The van der Waals surface area contributed by atoms with E-state index in [0.717, 1.165) is 18.6 Å². The minimum Gasteiger partial charge on any atom is -0.393 e. The highest BCUT2D eigenvalue weighted by atomic mass is 32.2. The van der Waals surface area contributed by atoms with Gasteiger partial charge in [-0.25, -0.2) is 0 Å². The third-order valence-corrected chi connectivity index (χ3v) is 7.14. The lowest BCUT2D eigenvalue weighted by Gasteiger charge is -2.18. The Labute approximate surface area is 183 Å². The van der Waals surface area contributed by atoms with Crippen LogP contribution in [-0.2, 0) is 21.4 Å². The van der Waals surface area contributed by atoms with Crippen molar-refractivity contribution >= 4 is 23.5 Å². The summed E-state index contributed by atoms with van der Waals surface area (Å²) in [5, 5.41) is 16.1. The van der Waals surface area contributed by atoms with Gasteiger partial charge in [-0.3, -0.25) is 9.59 Å². The summed E-state index contributed by atoms with van der Waals surface area (Å²) in [5.41, 5.74) is 8.28. The van der Waals surface area contributed by atoms with Crippen LogP contribution in [0.4, 0.5) is 0 Å². The summed E-state index contributed by atoms with van der Waals surface area (Å²) < 4.78 is 0. The number of amides is 1. The molecule has 0 saturated heterocycles. The number of hydrogen-bond donors (Lipinski definition) is 4. The standard InChI is InChI=1S/C23H35N3O3S/c1-15(27)11-17-13-23(17)14-21(28)20(12-16-5-3-4-6-18(16)23)25-8-9-26-22(29)19(24)7-10-30-2/h3-6,15,17,19-20,25,27H,7-14,24H2,1-2H3,(H,26,29). The zero-order valence-corrected chi connectivity index (χ0v) is 18.8. The number of benzene rings is 1. The Balaban J connectivity index is 1.57. The molecule has 1 saturated carbocycles. The van der Waals surface area contributed by atoms with Crippen LogP contribution in [0.3, 0.4) is 0 Å². The summed E-state index contributed by atoms with van der Waals surface area (Å²) in [4.78, 5) is 25.1. The molecule has 1 fully saturated rings. The number of Topliss-reactive ketones (excluding diaryl/α,β-unsaturated/α-hetero) is 1. The van der Waals surface area contributed by atoms with Crippen molar-refractivity contribution in [2.24, 2.45) is 11.7 Å². The molecule has 1 amide bonds. The van der Waals surface area contributed by atoms with Gasteiger partial charge < -0.3 is 21.5 Å². The molecule has 3 rings (SSSR count). The van der Waals surface area contributed by atoms with E-state index in [4.69, 9.17) is 5.73 Å². The summed E-state index contributed by atoms with van der Waals surface area (Å²) in [6.45, 7) is 2.80. The normalized spacial score (nSPS) is 27.3. The highest BCUT2D eigenvalue weighted by Gasteiger charge is 2.58. The maximum absolute atomic E-state index is 13.1. The molecule has 0 radical (unpaired) electrons. The highest BCUT2D eigenvalue weighted by molar-refractivity contribution is 7.98. The van der Waals surface area contributed by atoms with Gasteiger partial charge in [0.1, 0.15) is 0 Å². The number of nitrogens with one attached hydrogen (secondary N) is 2. The summed E-state index contributed by atoms with van der Waals surface area (Å²) in [6, 6.07) is 7.62. The molecule has 5 atom stereocenters.